The first-order chi connectivity index (χ1) is 17.5. The van der Waals surface area contributed by atoms with Crippen molar-refractivity contribution < 1.29 is 23.8 Å². The Morgan fingerprint density at radius 2 is 1.83 bits per heavy atom. The van der Waals surface area contributed by atoms with E-state index in [0.717, 1.165) is 16.8 Å². The average molecular weight is 488 g/mol. The van der Waals surface area contributed by atoms with Gasteiger partial charge in [0.15, 0.2) is 0 Å². The summed E-state index contributed by atoms with van der Waals surface area (Å²) >= 11 is 0. The maximum Gasteiger partial charge on any atom is 0.414 e. The summed E-state index contributed by atoms with van der Waals surface area (Å²) in [6.07, 6.45) is 4.30. The highest BCUT2D eigenvalue weighted by molar-refractivity contribution is 5.97. The topological polar surface area (TPSA) is 81.2 Å². The first-order valence-electron chi connectivity index (χ1n) is 12.1. The number of ether oxygens (including phenoxy) is 3. The largest absolute Gasteiger partial charge is 0.496 e. The highest BCUT2D eigenvalue weighted by atomic mass is 16.6. The van der Waals surface area contributed by atoms with Crippen molar-refractivity contribution in [3.8, 4) is 11.5 Å². The fourth-order valence-corrected chi connectivity index (χ4v) is 4.85. The van der Waals surface area contributed by atoms with Crippen LogP contribution in [-0.2, 0) is 11.3 Å². The standard InChI is InChI=1S/C28H29N3O5/c1-19(20-9-13-29-14-10-20)36-23-7-8-24(26(17-23)34-2)27(32)30-15-11-22(12-16-30)31-25-6-4-3-5-21(25)18-35-28(31)33/h3-10,13-14,17,19,22H,11-12,15-16,18H2,1-2H3/t19-/m0/s1. The van der Waals surface area contributed by atoms with Gasteiger partial charge in [-0.3, -0.25) is 14.7 Å². The van der Waals surface area contributed by atoms with E-state index in [-0.39, 0.29) is 24.1 Å². The number of likely N-dealkylation sites (tertiary alicyclic amines) is 1. The number of carbonyl (C=O) groups excluding carboxylic acids is 2. The van der Waals surface area contributed by atoms with E-state index < -0.39 is 0 Å². The molecule has 0 saturated carbocycles. The van der Waals surface area contributed by atoms with E-state index in [1.54, 1.807) is 42.6 Å². The number of piperidine rings is 1. The predicted molar refractivity (Wildman–Crippen MR) is 134 cm³/mol. The number of amides is 2. The second-order valence-electron chi connectivity index (χ2n) is 8.98. The lowest BCUT2D eigenvalue weighted by Gasteiger charge is -2.40. The molecule has 0 unspecified atom stereocenters. The van der Waals surface area contributed by atoms with Crippen molar-refractivity contribution >= 4 is 17.7 Å². The molecule has 8 nitrogen and oxygen atoms in total. The Morgan fingerprint density at radius 3 is 2.58 bits per heavy atom. The van der Waals surface area contributed by atoms with Crippen molar-refractivity contribution in [2.24, 2.45) is 0 Å². The molecule has 3 heterocycles. The molecule has 0 spiro atoms. The van der Waals surface area contributed by atoms with Gasteiger partial charge in [0.2, 0.25) is 0 Å². The Morgan fingerprint density at radius 1 is 1.08 bits per heavy atom. The third kappa shape index (κ3) is 4.71. The second-order valence-corrected chi connectivity index (χ2v) is 8.98. The molecule has 1 saturated heterocycles. The van der Waals surface area contributed by atoms with Crippen LogP contribution in [0.5, 0.6) is 11.5 Å². The molecule has 0 aliphatic carbocycles. The van der Waals surface area contributed by atoms with Crippen molar-refractivity contribution in [1.82, 2.24) is 9.88 Å². The van der Waals surface area contributed by atoms with Crippen LogP contribution in [0.25, 0.3) is 0 Å². The molecule has 2 aliphatic rings. The minimum absolute atomic E-state index is 0.0182. The van der Waals surface area contributed by atoms with Crippen LogP contribution < -0.4 is 14.4 Å². The number of hydrogen-bond acceptors (Lipinski definition) is 6. The van der Waals surface area contributed by atoms with Gasteiger partial charge in [-0.2, -0.15) is 0 Å². The zero-order valence-electron chi connectivity index (χ0n) is 20.4. The Bertz CT molecular complexity index is 1240. The molecular weight excluding hydrogens is 458 g/mol. The summed E-state index contributed by atoms with van der Waals surface area (Å²) in [4.78, 5) is 33.5. The van der Waals surface area contributed by atoms with Crippen molar-refractivity contribution in [3.05, 3.63) is 83.7 Å². The summed E-state index contributed by atoms with van der Waals surface area (Å²) in [5.74, 6) is 0.990. The molecule has 1 atom stereocenters. The van der Waals surface area contributed by atoms with E-state index in [1.807, 2.05) is 48.2 Å². The number of hydrogen-bond donors (Lipinski definition) is 0. The molecule has 2 aromatic carbocycles. The Hall–Kier alpha value is -4.07. The van der Waals surface area contributed by atoms with E-state index in [0.29, 0.717) is 49.6 Å². The smallest absolute Gasteiger partial charge is 0.414 e. The molecular formula is C28H29N3O5. The molecule has 0 bridgehead atoms. The van der Waals surface area contributed by atoms with Crippen LogP contribution in [0.3, 0.4) is 0 Å². The first kappa shape index (κ1) is 23.7. The quantitative estimate of drug-likeness (QED) is 0.487. The van der Waals surface area contributed by atoms with Gasteiger partial charge in [-0.1, -0.05) is 18.2 Å². The Kier molecular flexibility index (Phi) is 6.75. The number of nitrogens with zero attached hydrogens (tertiary/aromatic N) is 3. The summed E-state index contributed by atoms with van der Waals surface area (Å²) < 4.78 is 17.0. The number of pyridine rings is 1. The molecule has 1 aromatic heterocycles. The normalized spacial score (nSPS) is 16.7. The van der Waals surface area contributed by atoms with Gasteiger partial charge in [-0.25, -0.2) is 4.79 Å². The minimum Gasteiger partial charge on any atom is -0.496 e. The summed E-state index contributed by atoms with van der Waals surface area (Å²) in [5.41, 5.74) is 3.40. The molecule has 5 rings (SSSR count). The zero-order chi connectivity index (χ0) is 25.1. The summed E-state index contributed by atoms with van der Waals surface area (Å²) in [6.45, 7) is 3.33. The van der Waals surface area contributed by atoms with E-state index in [4.69, 9.17) is 14.2 Å². The van der Waals surface area contributed by atoms with Crippen molar-refractivity contribution in [2.75, 3.05) is 25.1 Å². The highest BCUT2D eigenvalue weighted by Crippen LogP contribution is 2.33. The lowest BCUT2D eigenvalue weighted by atomic mass is 10.00. The number of benzene rings is 2. The van der Waals surface area contributed by atoms with E-state index in [1.165, 1.54) is 0 Å². The van der Waals surface area contributed by atoms with Crippen molar-refractivity contribution in [1.29, 1.82) is 0 Å². The SMILES string of the molecule is COc1cc(O[C@@H](C)c2ccncc2)ccc1C(=O)N1CCC(N2C(=O)OCc3ccccc32)CC1. The van der Waals surface area contributed by atoms with Gasteiger partial charge in [0, 0.05) is 43.2 Å². The summed E-state index contributed by atoms with van der Waals surface area (Å²) in [5, 5.41) is 0. The van der Waals surface area contributed by atoms with E-state index in [9.17, 15) is 9.59 Å². The minimum atomic E-state index is -0.322. The molecule has 186 valence electrons. The Balaban J connectivity index is 1.26. The Labute approximate surface area is 210 Å². The maximum absolute atomic E-state index is 13.4. The van der Waals surface area contributed by atoms with Gasteiger partial charge in [0.1, 0.15) is 24.2 Å². The van der Waals surface area contributed by atoms with Crippen LogP contribution in [0, 0.1) is 0 Å². The molecule has 0 radical (unpaired) electrons. The number of methoxy groups -OCH3 is 1. The lowest BCUT2D eigenvalue weighted by molar-refractivity contribution is 0.0705. The van der Waals surface area contributed by atoms with Gasteiger partial charge in [-0.05, 0) is 55.7 Å². The van der Waals surface area contributed by atoms with Crippen LogP contribution in [0.2, 0.25) is 0 Å². The third-order valence-electron chi connectivity index (χ3n) is 6.81. The van der Waals surface area contributed by atoms with Gasteiger partial charge in [0.25, 0.3) is 5.91 Å². The van der Waals surface area contributed by atoms with Gasteiger partial charge < -0.3 is 19.1 Å². The maximum atomic E-state index is 13.4. The second kappa shape index (κ2) is 10.3. The number of para-hydroxylation sites is 1. The first-order valence-corrected chi connectivity index (χ1v) is 12.1. The molecule has 8 heteroatoms. The van der Waals surface area contributed by atoms with E-state index in [2.05, 4.69) is 4.98 Å². The number of rotatable bonds is 6. The third-order valence-corrected chi connectivity index (χ3v) is 6.81. The lowest BCUT2D eigenvalue weighted by Crippen LogP contribution is -2.50. The predicted octanol–water partition coefficient (Wildman–Crippen LogP) is 4.99. The highest BCUT2D eigenvalue weighted by Gasteiger charge is 2.35. The molecule has 36 heavy (non-hydrogen) atoms. The van der Waals surface area contributed by atoms with E-state index >= 15 is 0 Å². The number of cyclic esters (lactones) is 1. The molecule has 3 aromatic rings. The van der Waals surface area contributed by atoms with Crippen molar-refractivity contribution in [3.63, 3.8) is 0 Å². The van der Waals surface area contributed by atoms with Crippen LogP contribution >= 0.6 is 0 Å². The van der Waals surface area contributed by atoms with Gasteiger partial charge >= 0.3 is 6.09 Å². The molecule has 2 amide bonds. The van der Waals surface area contributed by atoms with Crippen LogP contribution in [0.1, 0.15) is 47.4 Å². The number of aromatic nitrogens is 1. The van der Waals surface area contributed by atoms with Crippen LogP contribution in [0.4, 0.5) is 10.5 Å². The number of fused-ring (bicyclic) bond motifs is 1. The fraction of sp³-hybridized carbons (Fsp3) is 0.321. The number of carbonyl (C=O) groups is 2. The van der Waals surface area contributed by atoms with Crippen LogP contribution in [0.15, 0.2) is 67.0 Å². The molecule has 0 N–H and O–H groups in total. The zero-order valence-corrected chi connectivity index (χ0v) is 20.4. The van der Waals surface area contributed by atoms with Crippen LogP contribution in [-0.4, -0.2) is 48.1 Å². The molecule has 1 fully saturated rings. The molecule has 2 aliphatic heterocycles. The monoisotopic (exact) mass is 487 g/mol. The number of anilines is 1. The van der Waals surface area contributed by atoms with Crippen molar-refractivity contribution in [2.45, 2.75) is 38.5 Å². The van der Waals surface area contributed by atoms with Gasteiger partial charge in [-0.15, -0.1) is 0 Å². The summed E-state index contributed by atoms with van der Waals surface area (Å²) in [6, 6.07) is 16.9. The fourth-order valence-electron chi connectivity index (χ4n) is 4.85. The average Bonchev–Trinajstić information content (AvgIpc) is 2.93. The van der Waals surface area contributed by atoms with Gasteiger partial charge in [0.05, 0.1) is 18.4 Å². The summed E-state index contributed by atoms with van der Waals surface area (Å²) in [7, 11) is 1.55.